The van der Waals surface area contributed by atoms with Gasteiger partial charge in [0.05, 0.1) is 19.4 Å². The maximum atomic E-state index is 11.1. The number of phenolic OH excluding ortho intramolecular Hbond substituents is 1. The summed E-state index contributed by atoms with van der Waals surface area (Å²) in [5.74, 6) is 0.775. The molecule has 2 aromatic carbocycles. The van der Waals surface area contributed by atoms with Crippen molar-refractivity contribution in [1.29, 1.82) is 0 Å². The molecule has 0 heterocycles. The Labute approximate surface area is 176 Å². The van der Waals surface area contributed by atoms with Gasteiger partial charge in [-0.25, -0.2) is 0 Å². The Hall–Kier alpha value is -1.82. The third-order valence-electron chi connectivity index (χ3n) is 4.24. The number of hydrogen-bond donors (Lipinski definition) is 3. The quantitative estimate of drug-likeness (QED) is 0.293. The molecule has 156 valence electrons. The lowest BCUT2D eigenvalue weighted by atomic mass is 10.2. The van der Waals surface area contributed by atoms with Crippen LogP contribution in [0.15, 0.2) is 53.6 Å². The number of nitrogens with zero attached hydrogens (tertiary/aromatic N) is 2. The van der Waals surface area contributed by atoms with Crippen molar-refractivity contribution >= 4 is 32.5 Å². The number of phenols is 1. The van der Waals surface area contributed by atoms with Crippen molar-refractivity contribution in [2.75, 3.05) is 7.05 Å². The lowest BCUT2D eigenvalue weighted by Crippen LogP contribution is -2.30. The summed E-state index contributed by atoms with van der Waals surface area (Å²) in [7, 11) is -2.30. The van der Waals surface area contributed by atoms with E-state index in [4.69, 9.17) is 26.3 Å². The molecule has 0 bridgehead atoms. The smallest absolute Gasteiger partial charge is 0.358 e. The van der Waals surface area contributed by atoms with E-state index < -0.39 is 19.8 Å². The third kappa shape index (κ3) is 7.18. The summed E-state index contributed by atoms with van der Waals surface area (Å²) >= 11 is 5.74. The standard InChI is InChI=1S/C19H24N2O5P2S/c1-4-19(2,26-18-11-7-16(8-12-18)14-28(23,24)25)27(29)21(3)20-13-15-5-9-17(22)10-6-15/h5-13H,4,14H2,1-3H3,(H2-,20,22,23,24,25)/p+1. The summed E-state index contributed by atoms with van der Waals surface area (Å²) in [4.78, 5) is 18.2. The maximum Gasteiger partial charge on any atom is 0.358 e. The highest BCUT2D eigenvalue weighted by atomic mass is 32.4. The summed E-state index contributed by atoms with van der Waals surface area (Å²) in [6.07, 6.45) is 2.03. The molecule has 0 aliphatic rings. The molecule has 2 unspecified atom stereocenters. The lowest BCUT2D eigenvalue weighted by Gasteiger charge is -2.23. The van der Waals surface area contributed by atoms with Gasteiger partial charge in [-0.2, -0.15) is 0 Å². The zero-order chi connectivity index (χ0) is 21.7. The largest absolute Gasteiger partial charge is 0.508 e. The van der Waals surface area contributed by atoms with Gasteiger partial charge in [0.1, 0.15) is 11.5 Å². The predicted octanol–water partition coefficient (Wildman–Crippen LogP) is 4.40. The lowest BCUT2D eigenvalue weighted by molar-refractivity contribution is 0.171. The van der Waals surface area contributed by atoms with Crippen molar-refractivity contribution in [3.05, 3.63) is 59.7 Å². The van der Waals surface area contributed by atoms with Crippen molar-refractivity contribution in [1.82, 2.24) is 4.78 Å². The van der Waals surface area contributed by atoms with Gasteiger partial charge in [-0.1, -0.05) is 19.1 Å². The number of aromatic hydroxyl groups is 1. The molecule has 7 nitrogen and oxygen atoms in total. The Bertz CT molecular complexity index is 915. The van der Waals surface area contributed by atoms with Crippen LogP contribution in [0.2, 0.25) is 0 Å². The Morgan fingerprint density at radius 1 is 1.21 bits per heavy atom. The van der Waals surface area contributed by atoms with Crippen LogP contribution in [-0.4, -0.2) is 38.3 Å². The van der Waals surface area contributed by atoms with Crippen LogP contribution >= 0.6 is 14.4 Å². The molecule has 0 saturated heterocycles. The molecule has 0 aliphatic heterocycles. The topological polar surface area (TPSA) is 103 Å². The minimum Gasteiger partial charge on any atom is -0.508 e. The first kappa shape index (κ1) is 23.5. The van der Waals surface area contributed by atoms with Gasteiger partial charge >= 0.3 is 14.4 Å². The van der Waals surface area contributed by atoms with E-state index in [0.717, 1.165) is 5.56 Å². The number of hydrogen-bond acceptors (Lipinski definition) is 5. The van der Waals surface area contributed by atoms with E-state index in [2.05, 4.69) is 5.10 Å². The predicted molar refractivity (Wildman–Crippen MR) is 119 cm³/mol. The van der Waals surface area contributed by atoms with Crippen LogP contribution in [0.1, 0.15) is 31.4 Å². The molecule has 0 fully saturated rings. The molecule has 0 aliphatic carbocycles. The fraction of sp³-hybridized carbons (Fsp3) is 0.316. The molecule has 0 spiro atoms. The summed E-state index contributed by atoms with van der Waals surface area (Å²) in [6.45, 7) is 2.70. The molecule has 0 aromatic heterocycles. The monoisotopic (exact) mass is 455 g/mol. The van der Waals surface area contributed by atoms with Crippen LogP contribution in [-0.2, 0) is 22.5 Å². The zero-order valence-electron chi connectivity index (χ0n) is 16.5. The first-order valence-corrected chi connectivity index (χ1v) is 13.0. The van der Waals surface area contributed by atoms with Crippen molar-refractivity contribution in [3.63, 3.8) is 0 Å². The van der Waals surface area contributed by atoms with Gasteiger partial charge in [-0.3, -0.25) is 4.57 Å². The van der Waals surface area contributed by atoms with E-state index >= 15 is 0 Å². The highest BCUT2D eigenvalue weighted by molar-refractivity contribution is 8.04. The molecule has 2 atom stereocenters. The SMILES string of the molecule is CCC(C)(Oc1ccc(CP(=O)(O)O)cc1)[P+](=S)N(C)/N=C/c1ccc(O)cc1. The van der Waals surface area contributed by atoms with Gasteiger partial charge in [0.15, 0.2) is 11.8 Å². The zero-order valence-corrected chi connectivity index (χ0v) is 19.1. The van der Waals surface area contributed by atoms with E-state index in [1.54, 1.807) is 66.6 Å². The Kier molecular flexibility index (Phi) is 7.92. The molecule has 2 rings (SSSR count). The molecule has 2 aromatic rings. The molecule has 0 saturated carbocycles. The second-order valence-electron chi connectivity index (χ2n) is 6.70. The van der Waals surface area contributed by atoms with Crippen LogP contribution in [0.25, 0.3) is 0 Å². The Morgan fingerprint density at radius 3 is 2.31 bits per heavy atom. The van der Waals surface area contributed by atoms with E-state index in [-0.39, 0.29) is 11.9 Å². The van der Waals surface area contributed by atoms with Gasteiger partial charge in [0, 0.05) is 13.3 Å². The van der Waals surface area contributed by atoms with Crippen LogP contribution in [0.3, 0.4) is 0 Å². The van der Waals surface area contributed by atoms with E-state index in [1.165, 1.54) is 0 Å². The summed E-state index contributed by atoms with van der Waals surface area (Å²) < 4.78 is 19.0. The summed E-state index contributed by atoms with van der Waals surface area (Å²) in [5.41, 5.74) is 1.38. The van der Waals surface area contributed by atoms with Crippen LogP contribution in [0.4, 0.5) is 0 Å². The van der Waals surface area contributed by atoms with E-state index in [9.17, 15) is 9.67 Å². The maximum absolute atomic E-state index is 11.1. The van der Waals surface area contributed by atoms with Crippen LogP contribution in [0, 0.1) is 0 Å². The highest BCUT2D eigenvalue weighted by Crippen LogP contribution is 2.46. The summed E-state index contributed by atoms with van der Waals surface area (Å²) in [5, 5.41) is 13.1. The first-order valence-electron chi connectivity index (χ1n) is 8.89. The van der Waals surface area contributed by atoms with Gasteiger partial charge < -0.3 is 19.6 Å². The fourth-order valence-electron chi connectivity index (χ4n) is 2.46. The molecule has 0 amide bonds. The fourth-order valence-corrected chi connectivity index (χ4v) is 4.99. The van der Waals surface area contributed by atoms with Crippen molar-refractivity contribution < 1.29 is 24.2 Å². The van der Waals surface area contributed by atoms with E-state index in [0.29, 0.717) is 17.7 Å². The highest BCUT2D eigenvalue weighted by Gasteiger charge is 2.44. The number of hydrazone groups is 1. The minimum absolute atomic E-state index is 0.194. The Balaban J connectivity index is 2.09. The van der Waals surface area contributed by atoms with E-state index in [1.807, 2.05) is 13.8 Å². The van der Waals surface area contributed by atoms with Crippen molar-refractivity contribution in [2.24, 2.45) is 5.10 Å². The molecule has 3 N–H and O–H groups in total. The summed E-state index contributed by atoms with van der Waals surface area (Å²) in [6, 6.07) is 13.4. The Morgan fingerprint density at radius 2 is 1.79 bits per heavy atom. The first-order chi connectivity index (χ1) is 13.5. The van der Waals surface area contributed by atoms with Gasteiger partial charge in [-0.15, -0.1) is 9.88 Å². The van der Waals surface area contributed by atoms with Crippen molar-refractivity contribution in [3.8, 4) is 11.5 Å². The van der Waals surface area contributed by atoms with Gasteiger partial charge in [0.25, 0.3) is 5.34 Å². The second-order valence-corrected chi connectivity index (χ2v) is 11.4. The minimum atomic E-state index is -4.10. The number of ether oxygens (including phenoxy) is 1. The van der Waals surface area contributed by atoms with Gasteiger partial charge in [-0.05, 0) is 47.5 Å². The second kappa shape index (κ2) is 9.79. The van der Waals surface area contributed by atoms with Crippen molar-refractivity contribution in [2.45, 2.75) is 31.8 Å². The van der Waals surface area contributed by atoms with Crippen LogP contribution in [0.5, 0.6) is 11.5 Å². The normalized spacial score (nSPS) is 14.4. The molecule has 29 heavy (non-hydrogen) atoms. The third-order valence-corrected chi connectivity index (χ3v) is 8.73. The van der Waals surface area contributed by atoms with Gasteiger partial charge in [0.2, 0.25) is 0 Å². The number of rotatable bonds is 9. The average Bonchev–Trinajstić information content (AvgIpc) is 2.67. The molecule has 10 heteroatoms. The number of benzene rings is 2. The molecular weight excluding hydrogens is 430 g/mol. The average molecular weight is 455 g/mol. The molecule has 0 radical (unpaired) electrons. The molecular formula is C19H25N2O5P2S+. The van der Waals surface area contributed by atoms with Crippen LogP contribution < -0.4 is 4.74 Å².